The molecule has 0 aliphatic rings. The van der Waals surface area contributed by atoms with Crippen LogP contribution in [0.2, 0.25) is 0 Å². The first-order valence-corrected chi connectivity index (χ1v) is 4.25. The van der Waals surface area contributed by atoms with Gasteiger partial charge in [0.2, 0.25) is 0 Å². The van der Waals surface area contributed by atoms with Gasteiger partial charge in [0, 0.05) is 16.8 Å². The summed E-state index contributed by atoms with van der Waals surface area (Å²) in [6.07, 6.45) is 5.16. The normalized spacial score (nSPS) is 8.00. The molecule has 0 saturated carbocycles. The summed E-state index contributed by atoms with van der Waals surface area (Å²) >= 11 is 0. The Morgan fingerprint density at radius 3 is 1.75 bits per heavy atom. The average molecular weight is 222 g/mol. The molecule has 4 heteroatoms. The van der Waals surface area contributed by atoms with Gasteiger partial charge in [-0.25, -0.2) is 0 Å². The summed E-state index contributed by atoms with van der Waals surface area (Å²) in [5, 5.41) is 15.2. The Labute approximate surface area is 85.5 Å². The van der Waals surface area contributed by atoms with Crippen LogP contribution in [0.3, 0.4) is 0 Å². The van der Waals surface area contributed by atoms with Gasteiger partial charge in [-0.3, -0.25) is 0 Å². The first-order valence-electron chi connectivity index (χ1n) is 4.25. The average Bonchev–Trinajstić information content (AvgIpc) is 2.06. The Bertz CT molecular complexity index is 50.3. The van der Waals surface area contributed by atoms with Crippen LogP contribution in [0.4, 0.5) is 0 Å². The van der Waals surface area contributed by atoms with Gasteiger partial charge in [-0.05, 0) is 13.0 Å². The van der Waals surface area contributed by atoms with E-state index in [-0.39, 0.29) is 30.0 Å². The largest absolute Gasteiger partial charge is 0.394 e. The van der Waals surface area contributed by atoms with E-state index in [0.29, 0.717) is 0 Å². The van der Waals surface area contributed by atoms with Crippen LogP contribution in [-0.4, -0.2) is 30.0 Å². The maximum absolute atomic E-state index is 7.62. The molecule has 0 unspecified atom stereocenters. The van der Waals surface area contributed by atoms with Gasteiger partial charge in [0.1, 0.15) is 0 Å². The van der Waals surface area contributed by atoms with Crippen LogP contribution in [0, 0.1) is 0 Å². The summed E-state index contributed by atoms with van der Waals surface area (Å²) < 4.78 is 0. The quantitative estimate of drug-likeness (QED) is 0.593. The molecule has 0 amide bonds. The van der Waals surface area contributed by atoms with Gasteiger partial charge in [0.05, 0.1) is 13.2 Å². The zero-order valence-corrected chi connectivity index (χ0v) is 8.80. The summed E-state index contributed by atoms with van der Waals surface area (Å²) in [6, 6.07) is 0. The van der Waals surface area contributed by atoms with Crippen molar-refractivity contribution in [3.05, 3.63) is 0 Å². The third-order valence-corrected chi connectivity index (χ3v) is 1.16. The van der Waals surface area contributed by atoms with Gasteiger partial charge in [0.15, 0.2) is 0 Å². The van der Waals surface area contributed by atoms with Crippen molar-refractivity contribution in [2.45, 2.75) is 32.6 Å². The van der Waals surface area contributed by atoms with Crippen LogP contribution < -0.4 is 5.73 Å². The molecule has 0 aromatic heterocycles. The van der Waals surface area contributed by atoms with E-state index in [2.05, 4.69) is 6.92 Å². The van der Waals surface area contributed by atoms with Gasteiger partial charge >= 0.3 is 0 Å². The van der Waals surface area contributed by atoms with Crippen molar-refractivity contribution in [3.8, 4) is 0 Å². The van der Waals surface area contributed by atoms with E-state index in [1.165, 1.54) is 25.7 Å². The molecule has 4 N–H and O–H groups in total. The monoisotopic (exact) mass is 222 g/mol. The number of aliphatic hydroxyl groups excluding tert-OH is 2. The van der Waals surface area contributed by atoms with Gasteiger partial charge in [-0.2, -0.15) is 0 Å². The Morgan fingerprint density at radius 2 is 1.50 bits per heavy atom. The standard InChI is InChI=1S/C6H15N.C2H6O2.Co/c1-2-3-4-5-6-7;3-1-2-4;/h2-7H2,1H3;3-4H,1-2H2;. The second kappa shape index (κ2) is 22.5. The molecule has 0 rings (SSSR count). The molecule has 0 spiro atoms. The van der Waals surface area contributed by atoms with Crippen LogP contribution in [0.1, 0.15) is 32.6 Å². The Morgan fingerprint density at radius 1 is 1.00 bits per heavy atom. The molecule has 0 fully saturated rings. The number of rotatable bonds is 5. The summed E-state index contributed by atoms with van der Waals surface area (Å²) in [6.45, 7) is 2.82. The molecule has 12 heavy (non-hydrogen) atoms. The molecule has 0 saturated heterocycles. The van der Waals surface area contributed by atoms with E-state index in [4.69, 9.17) is 15.9 Å². The van der Waals surface area contributed by atoms with E-state index in [1.807, 2.05) is 0 Å². The third kappa shape index (κ3) is 31.5. The van der Waals surface area contributed by atoms with Crippen molar-refractivity contribution in [1.82, 2.24) is 0 Å². The summed E-state index contributed by atoms with van der Waals surface area (Å²) in [4.78, 5) is 0. The molecule has 0 heterocycles. The maximum atomic E-state index is 7.62. The van der Waals surface area contributed by atoms with Gasteiger partial charge in [-0.1, -0.05) is 26.2 Å². The number of hydrogen-bond acceptors (Lipinski definition) is 3. The number of hydrogen-bond donors (Lipinski definition) is 3. The van der Waals surface area contributed by atoms with Crippen molar-refractivity contribution in [2.75, 3.05) is 19.8 Å². The topological polar surface area (TPSA) is 66.5 Å². The van der Waals surface area contributed by atoms with Gasteiger partial charge in [-0.15, -0.1) is 0 Å². The zero-order valence-electron chi connectivity index (χ0n) is 7.75. The minimum absolute atomic E-state index is 0. The fourth-order valence-electron chi connectivity index (χ4n) is 0.571. The van der Waals surface area contributed by atoms with Crippen LogP contribution in [0.15, 0.2) is 0 Å². The fraction of sp³-hybridized carbons (Fsp3) is 1.00. The molecule has 0 atom stereocenters. The second-order valence-corrected chi connectivity index (χ2v) is 2.30. The first kappa shape index (κ1) is 18.2. The minimum atomic E-state index is -0.125. The van der Waals surface area contributed by atoms with Gasteiger partial charge < -0.3 is 15.9 Å². The Hall–Kier alpha value is 0.386. The molecule has 0 bridgehead atoms. The van der Waals surface area contributed by atoms with Crippen molar-refractivity contribution >= 4 is 0 Å². The minimum Gasteiger partial charge on any atom is -0.394 e. The van der Waals surface area contributed by atoms with E-state index >= 15 is 0 Å². The van der Waals surface area contributed by atoms with E-state index < -0.39 is 0 Å². The molecule has 1 radical (unpaired) electrons. The predicted octanol–water partition coefficient (Wildman–Crippen LogP) is 0.494. The number of unbranched alkanes of at least 4 members (excludes halogenated alkanes) is 3. The molecular weight excluding hydrogens is 201 g/mol. The maximum Gasteiger partial charge on any atom is 0.0662 e. The van der Waals surface area contributed by atoms with Crippen LogP contribution in [0.5, 0.6) is 0 Å². The molecule has 0 aromatic carbocycles. The molecule has 0 aliphatic heterocycles. The zero-order chi connectivity index (χ0) is 8.95. The van der Waals surface area contributed by atoms with Crippen LogP contribution in [0.25, 0.3) is 0 Å². The molecular formula is C8H21CoNO2. The molecule has 79 valence electrons. The third-order valence-electron chi connectivity index (χ3n) is 1.16. The number of nitrogens with two attached hydrogens (primary N) is 1. The van der Waals surface area contributed by atoms with Crippen LogP contribution in [-0.2, 0) is 16.8 Å². The number of aliphatic hydroxyl groups is 2. The Balaban J connectivity index is -0.000000142. The SMILES string of the molecule is CCCCCCN.OCCO.[Co]. The van der Waals surface area contributed by atoms with Crippen LogP contribution >= 0.6 is 0 Å². The first-order chi connectivity index (χ1) is 5.33. The summed E-state index contributed by atoms with van der Waals surface area (Å²) in [5.41, 5.74) is 5.27. The van der Waals surface area contributed by atoms with E-state index in [1.54, 1.807) is 0 Å². The summed E-state index contributed by atoms with van der Waals surface area (Å²) in [5.74, 6) is 0. The van der Waals surface area contributed by atoms with Crippen molar-refractivity contribution in [3.63, 3.8) is 0 Å². The molecule has 0 aromatic rings. The van der Waals surface area contributed by atoms with E-state index in [0.717, 1.165) is 6.54 Å². The molecule has 3 nitrogen and oxygen atoms in total. The van der Waals surface area contributed by atoms with Crippen molar-refractivity contribution in [1.29, 1.82) is 0 Å². The van der Waals surface area contributed by atoms with Crippen molar-refractivity contribution < 1.29 is 27.0 Å². The van der Waals surface area contributed by atoms with Gasteiger partial charge in [0.25, 0.3) is 0 Å². The molecule has 0 aliphatic carbocycles. The van der Waals surface area contributed by atoms with Crippen molar-refractivity contribution in [2.24, 2.45) is 5.73 Å². The summed E-state index contributed by atoms with van der Waals surface area (Å²) in [7, 11) is 0. The second-order valence-electron chi connectivity index (χ2n) is 2.30. The Kier molecular flexibility index (Phi) is 34.2. The fourth-order valence-corrected chi connectivity index (χ4v) is 0.571. The van der Waals surface area contributed by atoms with E-state index in [9.17, 15) is 0 Å². The predicted molar refractivity (Wildman–Crippen MR) is 47.4 cm³/mol. The smallest absolute Gasteiger partial charge is 0.0662 e.